The van der Waals surface area contributed by atoms with Gasteiger partial charge in [0.15, 0.2) is 17.1 Å². The number of benzene rings is 2. The first kappa shape index (κ1) is 25.1. The highest BCUT2D eigenvalue weighted by Crippen LogP contribution is 2.42. The van der Waals surface area contributed by atoms with Crippen molar-refractivity contribution in [2.75, 3.05) is 21.3 Å². The summed E-state index contributed by atoms with van der Waals surface area (Å²) in [5, 5.41) is 8.73. The van der Waals surface area contributed by atoms with E-state index in [9.17, 15) is 4.79 Å². The number of fused-ring (bicyclic) bond motifs is 1. The molecule has 0 aliphatic heterocycles. The molecule has 2 aromatic carbocycles. The van der Waals surface area contributed by atoms with Gasteiger partial charge in [0.05, 0.1) is 27.4 Å². The van der Waals surface area contributed by atoms with Crippen molar-refractivity contribution in [1.82, 2.24) is 4.98 Å². The number of pyridine rings is 1. The molecule has 0 unspecified atom stereocenters. The zero-order valence-corrected chi connectivity index (χ0v) is 20.6. The maximum atomic E-state index is 11.6. The van der Waals surface area contributed by atoms with E-state index in [4.69, 9.17) is 29.5 Å². The second-order valence-electron chi connectivity index (χ2n) is 8.48. The molecule has 36 heavy (non-hydrogen) atoms. The normalized spacial score (nSPS) is 13.2. The number of hydrogen-bond donors (Lipinski definition) is 2. The van der Waals surface area contributed by atoms with E-state index in [1.54, 1.807) is 45.7 Å². The van der Waals surface area contributed by atoms with Crippen molar-refractivity contribution in [3.63, 3.8) is 0 Å². The molecule has 8 heteroatoms. The van der Waals surface area contributed by atoms with Crippen molar-refractivity contribution >= 4 is 17.0 Å². The molecule has 1 aliphatic rings. The topological polar surface area (TPSA) is 117 Å². The molecule has 2 aromatic heterocycles. The molecule has 0 radical (unpaired) electrons. The minimum Gasteiger partial charge on any atom is -0.493 e. The van der Waals surface area contributed by atoms with Crippen LogP contribution in [0.5, 0.6) is 17.2 Å². The SMILES string of the molecule is COc1cc(-c2cc3nccc(-c4cccc(C(N)=O)c4)c3o2)cc(OC)c1OC.OC1CCCC1. The molecular weight excluding hydrogens is 460 g/mol. The lowest BCUT2D eigenvalue weighted by Gasteiger charge is -2.13. The summed E-state index contributed by atoms with van der Waals surface area (Å²) in [5.74, 6) is 1.65. The van der Waals surface area contributed by atoms with Gasteiger partial charge in [-0.15, -0.1) is 0 Å². The van der Waals surface area contributed by atoms with E-state index in [1.807, 2.05) is 30.3 Å². The predicted molar refractivity (Wildman–Crippen MR) is 138 cm³/mol. The van der Waals surface area contributed by atoms with Crippen LogP contribution in [-0.4, -0.2) is 43.4 Å². The number of amides is 1. The first-order valence-corrected chi connectivity index (χ1v) is 11.7. The Morgan fingerprint density at radius 3 is 2.22 bits per heavy atom. The van der Waals surface area contributed by atoms with E-state index < -0.39 is 5.91 Å². The maximum absolute atomic E-state index is 11.6. The molecule has 0 atom stereocenters. The lowest BCUT2D eigenvalue weighted by molar-refractivity contribution is 0.100. The third-order valence-electron chi connectivity index (χ3n) is 6.14. The van der Waals surface area contributed by atoms with Gasteiger partial charge in [-0.3, -0.25) is 9.78 Å². The number of aliphatic hydroxyl groups excluding tert-OH is 1. The van der Waals surface area contributed by atoms with Gasteiger partial charge in [-0.25, -0.2) is 0 Å². The number of nitrogens with zero attached hydrogens (tertiary/aromatic N) is 1. The summed E-state index contributed by atoms with van der Waals surface area (Å²) < 4.78 is 22.4. The summed E-state index contributed by atoms with van der Waals surface area (Å²) in [4.78, 5) is 16.0. The molecule has 1 amide bonds. The van der Waals surface area contributed by atoms with Gasteiger partial charge in [0.2, 0.25) is 11.7 Å². The fraction of sp³-hybridized carbons (Fsp3) is 0.286. The summed E-state index contributed by atoms with van der Waals surface area (Å²) in [6.45, 7) is 0. The van der Waals surface area contributed by atoms with Gasteiger partial charge in [-0.2, -0.15) is 0 Å². The Labute approximate surface area is 209 Å². The van der Waals surface area contributed by atoms with Crippen LogP contribution in [0.3, 0.4) is 0 Å². The molecular formula is C28H30N2O6. The van der Waals surface area contributed by atoms with Crippen LogP contribution < -0.4 is 19.9 Å². The van der Waals surface area contributed by atoms with E-state index in [1.165, 1.54) is 12.8 Å². The van der Waals surface area contributed by atoms with Crippen molar-refractivity contribution in [3.8, 4) is 39.7 Å². The second kappa shape index (κ2) is 11.1. The van der Waals surface area contributed by atoms with E-state index >= 15 is 0 Å². The average Bonchev–Trinajstić information content (AvgIpc) is 3.57. The Morgan fingerprint density at radius 2 is 1.67 bits per heavy atom. The van der Waals surface area contributed by atoms with Crippen molar-refractivity contribution in [2.45, 2.75) is 31.8 Å². The maximum Gasteiger partial charge on any atom is 0.248 e. The van der Waals surface area contributed by atoms with Crippen LogP contribution in [0.25, 0.3) is 33.6 Å². The van der Waals surface area contributed by atoms with Crippen molar-refractivity contribution in [3.05, 3.63) is 60.3 Å². The van der Waals surface area contributed by atoms with Crippen LogP contribution in [0, 0.1) is 0 Å². The number of carbonyl (C=O) groups excluding carboxylic acids is 1. The number of methoxy groups -OCH3 is 3. The number of aromatic nitrogens is 1. The van der Waals surface area contributed by atoms with Gasteiger partial charge in [-0.05, 0) is 48.7 Å². The Kier molecular flexibility index (Phi) is 7.75. The summed E-state index contributed by atoms with van der Waals surface area (Å²) in [7, 11) is 4.67. The Hall–Kier alpha value is -4.04. The third kappa shape index (κ3) is 5.28. The number of nitrogens with two attached hydrogens (primary N) is 1. The highest BCUT2D eigenvalue weighted by molar-refractivity contribution is 5.97. The van der Waals surface area contributed by atoms with Crippen LogP contribution in [0.4, 0.5) is 0 Å². The fourth-order valence-corrected chi connectivity index (χ4v) is 4.28. The lowest BCUT2D eigenvalue weighted by atomic mass is 10.0. The van der Waals surface area contributed by atoms with Crippen LogP contribution >= 0.6 is 0 Å². The molecule has 1 fully saturated rings. The number of furan rings is 1. The first-order chi connectivity index (χ1) is 17.4. The molecule has 0 spiro atoms. The van der Waals surface area contributed by atoms with Gasteiger partial charge in [-0.1, -0.05) is 25.0 Å². The molecule has 3 N–H and O–H groups in total. The molecule has 1 aliphatic carbocycles. The molecule has 4 aromatic rings. The Balaban J connectivity index is 0.000000445. The lowest BCUT2D eigenvalue weighted by Crippen LogP contribution is -2.10. The van der Waals surface area contributed by atoms with Crippen LogP contribution in [0.1, 0.15) is 36.0 Å². The second-order valence-corrected chi connectivity index (χ2v) is 8.48. The smallest absolute Gasteiger partial charge is 0.248 e. The molecule has 0 bridgehead atoms. The monoisotopic (exact) mass is 490 g/mol. The minimum atomic E-state index is -0.486. The standard InChI is InChI=1S/C23H20N2O5.C5H10O/c1-27-19-10-15(11-20(28-2)22(19)29-3)18-12-17-21(30-18)16(7-8-25-17)13-5-4-6-14(9-13)23(24)26;6-5-3-1-2-4-5/h4-12H,1-3H3,(H2,24,26);5-6H,1-4H2. The molecule has 2 heterocycles. The summed E-state index contributed by atoms with van der Waals surface area (Å²) in [5.41, 5.74) is 9.50. The molecule has 8 nitrogen and oxygen atoms in total. The van der Waals surface area contributed by atoms with Crippen molar-refractivity contribution < 1.29 is 28.5 Å². The van der Waals surface area contributed by atoms with Gasteiger partial charge >= 0.3 is 0 Å². The quantitative estimate of drug-likeness (QED) is 0.381. The third-order valence-corrected chi connectivity index (χ3v) is 6.14. The number of aliphatic hydroxyl groups is 1. The number of primary amides is 1. The number of carbonyl (C=O) groups is 1. The number of hydrogen-bond acceptors (Lipinski definition) is 7. The summed E-state index contributed by atoms with van der Waals surface area (Å²) >= 11 is 0. The first-order valence-electron chi connectivity index (χ1n) is 11.7. The highest BCUT2D eigenvalue weighted by Gasteiger charge is 2.18. The van der Waals surface area contributed by atoms with Crippen molar-refractivity contribution in [2.24, 2.45) is 5.73 Å². The van der Waals surface area contributed by atoms with Crippen molar-refractivity contribution in [1.29, 1.82) is 0 Å². The van der Waals surface area contributed by atoms with E-state index in [0.717, 1.165) is 29.5 Å². The summed E-state index contributed by atoms with van der Waals surface area (Å²) in [6, 6.07) is 14.4. The van der Waals surface area contributed by atoms with Gasteiger partial charge in [0.25, 0.3) is 0 Å². The molecule has 0 saturated heterocycles. The number of ether oxygens (including phenoxy) is 3. The zero-order chi connectivity index (χ0) is 25.7. The Bertz CT molecular complexity index is 1330. The van der Waals surface area contributed by atoms with E-state index in [0.29, 0.717) is 39.7 Å². The largest absolute Gasteiger partial charge is 0.493 e. The van der Waals surface area contributed by atoms with Crippen LogP contribution in [0.2, 0.25) is 0 Å². The predicted octanol–water partition coefficient (Wildman–Crippen LogP) is 5.21. The van der Waals surface area contributed by atoms with Gasteiger partial charge < -0.3 is 29.5 Å². The summed E-state index contributed by atoms with van der Waals surface area (Å²) in [6.07, 6.45) is 6.30. The highest BCUT2D eigenvalue weighted by atomic mass is 16.5. The molecule has 188 valence electrons. The van der Waals surface area contributed by atoms with Gasteiger partial charge in [0, 0.05) is 29.0 Å². The van der Waals surface area contributed by atoms with E-state index in [-0.39, 0.29) is 6.10 Å². The minimum absolute atomic E-state index is 0.0463. The Morgan fingerprint density at radius 1 is 0.972 bits per heavy atom. The molecule has 5 rings (SSSR count). The van der Waals surface area contributed by atoms with Crippen LogP contribution in [0.15, 0.2) is 59.1 Å². The van der Waals surface area contributed by atoms with Gasteiger partial charge in [0.1, 0.15) is 11.3 Å². The fourth-order valence-electron chi connectivity index (χ4n) is 4.28. The number of rotatable bonds is 6. The van der Waals surface area contributed by atoms with E-state index in [2.05, 4.69) is 4.98 Å². The molecule has 1 saturated carbocycles. The average molecular weight is 491 g/mol. The zero-order valence-electron chi connectivity index (χ0n) is 20.6. The van der Waals surface area contributed by atoms with Crippen LogP contribution in [-0.2, 0) is 0 Å².